The van der Waals surface area contributed by atoms with Crippen LogP contribution >= 0.6 is 0 Å². The summed E-state index contributed by atoms with van der Waals surface area (Å²) >= 11 is 0. The zero-order valence-electron chi connectivity index (χ0n) is 24.0. The summed E-state index contributed by atoms with van der Waals surface area (Å²) in [6.07, 6.45) is 7.15. The van der Waals surface area contributed by atoms with E-state index >= 15 is 0 Å². The molecule has 2 aromatic heterocycles. The standard InChI is InChI=1S/C31H41N5O4/c1-19(2)11-26(31(39)40-24-7-5-6-8-24)32-15-21-9-10-27-25(13-21)34-29(23-12-20(3)30(38)33-16-23)36(27)18-22-14-28(37)35(4)17-22/h9-10,12-13,16,19,22,24,26,32H,5-8,11,14-15,17-18H2,1-4H3,(H,33,38)/t22?,26-/m0/s1. The summed E-state index contributed by atoms with van der Waals surface area (Å²) in [6.45, 7) is 7.90. The first-order valence-corrected chi connectivity index (χ1v) is 14.5. The first kappa shape index (κ1) is 28.1. The van der Waals surface area contributed by atoms with Crippen LogP contribution in [0, 0.1) is 18.8 Å². The molecule has 2 fully saturated rings. The molecule has 1 unspecified atom stereocenters. The molecule has 3 aromatic rings. The van der Waals surface area contributed by atoms with Crippen LogP contribution in [0.5, 0.6) is 0 Å². The highest BCUT2D eigenvalue weighted by Crippen LogP contribution is 2.29. The molecule has 1 saturated heterocycles. The number of benzene rings is 1. The molecule has 40 heavy (non-hydrogen) atoms. The summed E-state index contributed by atoms with van der Waals surface area (Å²) < 4.78 is 7.99. The molecule has 2 N–H and O–H groups in total. The number of carbonyl (C=O) groups excluding carboxylic acids is 2. The normalized spacial score (nSPS) is 18.8. The Morgan fingerprint density at radius 1 is 1.20 bits per heavy atom. The van der Waals surface area contributed by atoms with E-state index in [1.165, 1.54) is 0 Å². The quantitative estimate of drug-likeness (QED) is 0.369. The number of ether oxygens (including phenoxy) is 1. The zero-order chi connectivity index (χ0) is 28.4. The number of aromatic amines is 1. The topological polar surface area (TPSA) is 109 Å². The van der Waals surface area contributed by atoms with Crippen molar-refractivity contribution in [3.05, 3.63) is 51.9 Å². The van der Waals surface area contributed by atoms with Crippen molar-refractivity contribution in [3.63, 3.8) is 0 Å². The number of hydrogen-bond acceptors (Lipinski definition) is 6. The van der Waals surface area contributed by atoms with E-state index < -0.39 is 0 Å². The third-order valence-corrected chi connectivity index (χ3v) is 8.15. The molecule has 9 heteroatoms. The van der Waals surface area contributed by atoms with Gasteiger partial charge in [0.25, 0.3) is 5.56 Å². The van der Waals surface area contributed by atoms with Crippen molar-refractivity contribution < 1.29 is 14.3 Å². The molecule has 1 aromatic carbocycles. The van der Waals surface area contributed by atoms with Crippen LogP contribution in [-0.4, -0.2) is 57.0 Å². The molecule has 0 spiro atoms. The molecule has 0 bridgehead atoms. The van der Waals surface area contributed by atoms with E-state index in [9.17, 15) is 14.4 Å². The first-order chi connectivity index (χ1) is 19.2. The average Bonchev–Trinajstić information content (AvgIpc) is 3.63. The number of aryl methyl sites for hydroxylation is 1. The fourth-order valence-electron chi connectivity index (χ4n) is 5.98. The predicted molar refractivity (Wildman–Crippen MR) is 155 cm³/mol. The Kier molecular flexibility index (Phi) is 8.40. The Labute approximate surface area is 235 Å². The van der Waals surface area contributed by atoms with Crippen LogP contribution in [0.25, 0.3) is 22.4 Å². The summed E-state index contributed by atoms with van der Waals surface area (Å²) in [6, 6.07) is 7.69. The second-order valence-corrected chi connectivity index (χ2v) is 12.0. The Morgan fingerprint density at radius 2 is 1.98 bits per heavy atom. The van der Waals surface area contributed by atoms with Crippen molar-refractivity contribution in [3.8, 4) is 11.4 Å². The monoisotopic (exact) mass is 547 g/mol. The molecular formula is C31H41N5O4. The van der Waals surface area contributed by atoms with Crippen molar-refractivity contribution >= 4 is 22.9 Å². The van der Waals surface area contributed by atoms with Crippen molar-refractivity contribution in [2.45, 2.75) is 84.5 Å². The maximum absolute atomic E-state index is 13.0. The number of H-pyrrole nitrogens is 1. The van der Waals surface area contributed by atoms with E-state index in [0.29, 0.717) is 44.0 Å². The zero-order valence-corrected chi connectivity index (χ0v) is 24.0. The maximum Gasteiger partial charge on any atom is 0.323 e. The Hall–Kier alpha value is -3.46. The number of hydrogen-bond donors (Lipinski definition) is 2. The van der Waals surface area contributed by atoms with Gasteiger partial charge in [-0.25, -0.2) is 4.98 Å². The summed E-state index contributed by atoms with van der Waals surface area (Å²) in [5.41, 5.74) is 4.17. The largest absolute Gasteiger partial charge is 0.461 e. The highest BCUT2D eigenvalue weighted by molar-refractivity contribution is 5.82. The van der Waals surface area contributed by atoms with Gasteiger partial charge in [0.15, 0.2) is 0 Å². The number of aromatic nitrogens is 3. The lowest BCUT2D eigenvalue weighted by Gasteiger charge is -2.22. The number of nitrogens with zero attached hydrogens (tertiary/aromatic N) is 3. The number of likely N-dealkylation sites (tertiary alicyclic amines) is 1. The van der Waals surface area contributed by atoms with Crippen molar-refractivity contribution in [1.82, 2.24) is 24.8 Å². The van der Waals surface area contributed by atoms with Crippen LogP contribution in [0.3, 0.4) is 0 Å². The van der Waals surface area contributed by atoms with Crippen molar-refractivity contribution in [2.75, 3.05) is 13.6 Å². The fourth-order valence-corrected chi connectivity index (χ4v) is 5.98. The SMILES string of the molecule is Cc1cc(-c2nc3cc(CN[C@@H](CC(C)C)C(=O)OC4CCCC4)ccc3n2CC2CC(=O)N(C)C2)c[nH]c1=O. The molecule has 9 nitrogen and oxygen atoms in total. The fraction of sp³-hybridized carbons (Fsp3) is 0.548. The van der Waals surface area contributed by atoms with Gasteiger partial charge in [0, 0.05) is 56.3 Å². The number of esters is 1. The van der Waals surface area contributed by atoms with E-state index in [-0.39, 0.29) is 35.5 Å². The Bertz CT molecular complexity index is 1440. The van der Waals surface area contributed by atoms with E-state index in [1.54, 1.807) is 18.0 Å². The smallest absolute Gasteiger partial charge is 0.323 e. The van der Waals surface area contributed by atoms with Gasteiger partial charge in [0.05, 0.1) is 11.0 Å². The number of pyridine rings is 1. The van der Waals surface area contributed by atoms with Gasteiger partial charge in [-0.3, -0.25) is 14.4 Å². The lowest BCUT2D eigenvalue weighted by atomic mass is 10.0. The van der Waals surface area contributed by atoms with Crippen LogP contribution in [-0.2, 0) is 27.4 Å². The highest BCUT2D eigenvalue weighted by Gasteiger charge is 2.29. The molecule has 3 heterocycles. The van der Waals surface area contributed by atoms with Crippen LogP contribution in [0.15, 0.2) is 35.3 Å². The van der Waals surface area contributed by atoms with Crippen LogP contribution in [0.1, 0.15) is 63.5 Å². The van der Waals surface area contributed by atoms with E-state index in [2.05, 4.69) is 46.9 Å². The van der Waals surface area contributed by atoms with Crippen molar-refractivity contribution in [1.29, 1.82) is 0 Å². The molecule has 2 atom stereocenters. The van der Waals surface area contributed by atoms with Gasteiger partial charge < -0.3 is 24.5 Å². The summed E-state index contributed by atoms with van der Waals surface area (Å²) in [5, 5.41) is 3.45. The molecule has 1 saturated carbocycles. The van der Waals surface area contributed by atoms with Gasteiger partial charge in [0.1, 0.15) is 18.0 Å². The van der Waals surface area contributed by atoms with Crippen LogP contribution in [0.4, 0.5) is 0 Å². The maximum atomic E-state index is 13.0. The predicted octanol–water partition coefficient (Wildman–Crippen LogP) is 4.17. The molecule has 1 amide bonds. The first-order valence-electron chi connectivity index (χ1n) is 14.5. The lowest BCUT2D eigenvalue weighted by molar-refractivity contribution is -0.151. The minimum Gasteiger partial charge on any atom is -0.461 e. The Balaban J connectivity index is 1.40. The third-order valence-electron chi connectivity index (χ3n) is 8.15. The van der Waals surface area contributed by atoms with Gasteiger partial charge in [-0.2, -0.15) is 0 Å². The molecule has 1 aliphatic carbocycles. The molecule has 1 aliphatic heterocycles. The molecule has 214 valence electrons. The van der Waals surface area contributed by atoms with Crippen molar-refractivity contribution in [2.24, 2.45) is 11.8 Å². The third kappa shape index (κ3) is 6.30. The molecular weight excluding hydrogens is 506 g/mol. The van der Waals surface area contributed by atoms with Crippen LogP contribution in [0.2, 0.25) is 0 Å². The summed E-state index contributed by atoms with van der Waals surface area (Å²) in [4.78, 5) is 46.8. The molecule has 0 radical (unpaired) electrons. The van der Waals surface area contributed by atoms with E-state index in [4.69, 9.17) is 9.72 Å². The summed E-state index contributed by atoms with van der Waals surface area (Å²) in [7, 11) is 1.84. The molecule has 5 rings (SSSR count). The molecule has 2 aliphatic rings. The lowest BCUT2D eigenvalue weighted by Crippen LogP contribution is -2.40. The number of imidazole rings is 1. The van der Waals surface area contributed by atoms with Gasteiger partial charge in [0.2, 0.25) is 5.91 Å². The minimum atomic E-state index is -0.356. The van der Waals surface area contributed by atoms with Gasteiger partial charge in [-0.1, -0.05) is 19.9 Å². The average molecular weight is 548 g/mol. The number of amides is 1. The summed E-state index contributed by atoms with van der Waals surface area (Å²) in [5.74, 6) is 1.31. The number of nitrogens with one attached hydrogen (secondary N) is 2. The Morgan fingerprint density at radius 3 is 2.65 bits per heavy atom. The number of fused-ring (bicyclic) bond motifs is 1. The van der Waals surface area contributed by atoms with Crippen LogP contribution < -0.4 is 10.9 Å². The van der Waals surface area contributed by atoms with E-state index in [0.717, 1.165) is 53.7 Å². The van der Waals surface area contributed by atoms with Gasteiger partial charge >= 0.3 is 5.97 Å². The number of carbonyl (C=O) groups is 2. The second-order valence-electron chi connectivity index (χ2n) is 12.0. The highest BCUT2D eigenvalue weighted by atomic mass is 16.5. The van der Waals surface area contributed by atoms with Gasteiger partial charge in [-0.05, 0) is 68.7 Å². The van der Waals surface area contributed by atoms with Gasteiger partial charge in [-0.15, -0.1) is 0 Å². The number of rotatable bonds is 10. The minimum absolute atomic E-state index is 0.0502. The van der Waals surface area contributed by atoms with E-state index in [1.807, 2.05) is 13.1 Å². The second kappa shape index (κ2) is 12.0.